The van der Waals surface area contributed by atoms with Crippen LogP contribution in [0.25, 0.3) is 0 Å². The largest absolute Gasteiger partial charge is 0.484 e. The van der Waals surface area contributed by atoms with Gasteiger partial charge in [0.05, 0.1) is 0 Å². The minimum atomic E-state index is -0.0983. The molecule has 5 heteroatoms. The van der Waals surface area contributed by atoms with E-state index in [0.29, 0.717) is 12.5 Å². The van der Waals surface area contributed by atoms with Crippen LogP contribution in [0.3, 0.4) is 0 Å². The highest BCUT2D eigenvalue weighted by atomic mass is 35.5. The van der Waals surface area contributed by atoms with Crippen molar-refractivity contribution in [2.45, 2.75) is 25.8 Å². The van der Waals surface area contributed by atoms with E-state index in [2.05, 4.69) is 5.32 Å². The first-order valence-corrected chi connectivity index (χ1v) is 6.38. The summed E-state index contributed by atoms with van der Waals surface area (Å²) in [5.74, 6) is 1.19. The molecule has 0 heterocycles. The highest BCUT2D eigenvalue weighted by Gasteiger charge is 2.31. The Bertz CT molecular complexity index is 422. The van der Waals surface area contributed by atoms with Crippen molar-refractivity contribution in [1.29, 1.82) is 0 Å². The Morgan fingerprint density at radius 1 is 1.53 bits per heavy atom. The number of nitrogens with two attached hydrogens (primary N) is 1. The normalized spacial score (nSPS) is 15.3. The van der Waals surface area contributed by atoms with Crippen LogP contribution in [0.15, 0.2) is 24.3 Å². The van der Waals surface area contributed by atoms with Gasteiger partial charge in [0.1, 0.15) is 5.75 Å². The van der Waals surface area contributed by atoms with Crippen LogP contribution in [-0.4, -0.2) is 25.1 Å². The minimum Gasteiger partial charge on any atom is -0.484 e. The molecule has 19 heavy (non-hydrogen) atoms. The lowest BCUT2D eigenvalue weighted by molar-refractivity contribution is -0.123. The van der Waals surface area contributed by atoms with E-state index in [1.54, 1.807) is 0 Å². The highest BCUT2D eigenvalue weighted by molar-refractivity contribution is 5.85. The summed E-state index contributed by atoms with van der Waals surface area (Å²) in [5.41, 5.74) is 6.75. The van der Waals surface area contributed by atoms with E-state index in [1.807, 2.05) is 31.2 Å². The van der Waals surface area contributed by atoms with E-state index in [1.165, 1.54) is 12.8 Å². The minimum absolute atomic E-state index is 0. The molecule has 0 spiro atoms. The Hall–Kier alpha value is -1.26. The van der Waals surface area contributed by atoms with Crippen LogP contribution in [0.2, 0.25) is 0 Å². The van der Waals surface area contributed by atoms with Crippen molar-refractivity contribution >= 4 is 18.3 Å². The molecule has 106 valence electrons. The molecule has 0 bridgehead atoms. The quantitative estimate of drug-likeness (QED) is 0.835. The fourth-order valence-electron chi connectivity index (χ4n) is 1.97. The summed E-state index contributed by atoms with van der Waals surface area (Å²) in [6, 6.07) is 7.77. The number of aryl methyl sites for hydroxylation is 1. The molecule has 1 atom stereocenters. The molecule has 0 saturated heterocycles. The number of halogens is 1. The van der Waals surface area contributed by atoms with Gasteiger partial charge in [-0.2, -0.15) is 0 Å². The number of carbonyl (C=O) groups is 1. The zero-order chi connectivity index (χ0) is 13.0. The maximum Gasteiger partial charge on any atom is 0.258 e. The molecule has 0 aliphatic heterocycles. The van der Waals surface area contributed by atoms with Crippen molar-refractivity contribution in [2.24, 2.45) is 11.7 Å². The van der Waals surface area contributed by atoms with Crippen molar-refractivity contribution in [3.63, 3.8) is 0 Å². The maximum atomic E-state index is 11.7. The Morgan fingerprint density at radius 3 is 2.84 bits per heavy atom. The molecule has 1 amide bonds. The van der Waals surface area contributed by atoms with Gasteiger partial charge in [0.15, 0.2) is 6.61 Å². The third kappa shape index (κ3) is 5.09. The lowest BCUT2D eigenvalue weighted by Crippen LogP contribution is -2.43. The summed E-state index contributed by atoms with van der Waals surface area (Å²) < 4.78 is 5.44. The van der Waals surface area contributed by atoms with Crippen LogP contribution in [0.1, 0.15) is 18.4 Å². The second-order valence-corrected chi connectivity index (χ2v) is 4.85. The summed E-state index contributed by atoms with van der Waals surface area (Å²) in [6.45, 7) is 2.54. The van der Waals surface area contributed by atoms with Crippen LogP contribution in [-0.2, 0) is 4.79 Å². The standard InChI is InChI=1S/C14H20N2O2.ClH/c1-10-3-2-4-12(7-10)18-9-14(17)16-13(8-15)11-5-6-11;/h2-4,7,11,13H,5-6,8-9,15H2,1H3,(H,16,17);1H. The molecule has 2 rings (SSSR count). The SMILES string of the molecule is Cc1cccc(OCC(=O)NC(CN)C2CC2)c1.Cl. The van der Waals surface area contributed by atoms with Crippen molar-refractivity contribution in [2.75, 3.05) is 13.2 Å². The number of ether oxygens (including phenoxy) is 1. The fourth-order valence-corrected chi connectivity index (χ4v) is 1.97. The van der Waals surface area contributed by atoms with Crippen molar-refractivity contribution in [1.82, 2.24) is 5.32 Å². The van der Waals surface area contributed by atoms with Gasteiger partial charge in [-0.3, -0.25) is 4.79 Å². The molecule has 0 radical (unpaired) electrons. The monoisotopic (exact) mass is 284 g/mol. The summed E-state index contributed by atoms with van der Waals surface area (Å²) in [6.07, 6.45) is 2.34. The van der Waals surface area contributed by atoms with Crippen molar-refractivity contribution in [3.8, 4) is 5.75 Å². The zero-order valence-corrected chi connectivity index (χ0v) is 11.9. The van der Waals surface area contributed by atoms with E-state index in [-0.39, 0.29) is 31.0 Å². The molecule has 1 aliphatic rings. The number of nitrogens with one attached hydrogen (secondary N) is 1. The Morgan fingerprint density at radius 2 is 2.26 bits per heavy atom. The van der Waals surface area contributed by atoms with Crippen molar-refractivity contribution < 1.29 is 9.53 Å². The maximum absolute atomic E-state index is 11.7. The van der Waals surface area contributed by atoms with Crippen molar-refractivity contribution in [3.05, 3.63) is 29.8 Å². The smallest absolute Gasteiger partial charge is 0.258 e. The number of hydrogen-bond acceptors (Lipinski definition) is 3. The van der Waals surface area contributed by atoms with E-state index < -0.39 is 0 Å². The van der Waals surface area contributed by atoms with Crippen LogP contribution < -0.4 is 15.8 Å². The highest BCUT2D eigenvalue weighted by Crippen LogP contribution is 2.32. The van der Waals surface area contributed by atoms with Gasteiger partial charge in [-0.05, 0) is 43.4 Å². The van der Waals surface area contributed by atoms with E-state index in [4.69, 9.17) is 10.5 Å². The van der Waals surface area contributed by atoms with E-state index >= 15 is 0 Å². The Balaban J connectivity index is 0.00000180. The lowest BCUT2D eigenvalue weighted by Gasteiger charge is -2.16. The molecule has 1 unspecified atom stereocenters. The van der Waals surface area contributed by atoms with Gasteiger partial charge in [0.25, 0.3) is 5.91 Å². The summed E-state index contributed by atoms with van der Waals surface area (Å²) in [5, 5.41) is 2.92. The molecule has 3 N–H and O–H groups in total. The average Bonchev–Trinajstić information content (AvgIpc) is 3.18. The van der Waals surface area contributed by atoms with Gasteiger partial charge in [-0.25, -0.2) is 0 Å². The molecule has 1 aromatic carbocycles. The second kappa shape index (κ2) is 7.36. The predicted octanol–water partition coefficient (Wildman–Crippen LogP) is 1.65. The Labute approximate surface area is 120 Å². The molecule has 1 aromatic rings. The number of amides is 1. The molecule has 1 aliphatic carbocycles. The summed E-state index contributed by atoms with van der Waals surface area (Å²) in [7, 11) is 0. The first kappa shape index (κ1) is 15.8. The van der Waals surface area contributed by atoms with Gasteiger partial charge < -0.3 is 15.8 Å². The fraction of sp³-hybridized carbons (Fsp3) is 0.500. The van der Waals surface area contributed by atoms with Crippen LogP contribution in [0.5, 0.6) is 5.75 Å². The van der Waals surface area contributed by atoms with E-state index in [9.17, 15) is 4.79 Å². The number of benzene rings is 1. The number of rotatable bonds is 6. The first-order chi connectivity index (χ1) is 8.69. The molecular formula is C14H21ClN2O2. The number of carbonyl (C=O) groups excluding carboxylic acids is 1. The van der Waals surface area contributed by atoms with Gasteiger partial charge in [-0.15, -0.1) is 12.4 Å². The lowest BCUT2D eigenvalue weighted by atomic mass is 10.2. The molecular weight excluding hydrogens is 264 g/mol. The topological polar surface area (TPSA) is 64.3 Å². The summed E-state index contributed by atoms with van der Waals surface area (Å²) >= 11 is 0. The van der Waals surface area contributed by atoms with Gasteiger partial charge in [0, 0.05) is 12.6 Å². The molecule has 0 aromatic heterocycles. The first-order valence-electron chi connectivity index (χ1n) is 6.38. The molecule has 1 saturated carbocycles. The summed E-state index contributed by atoms with van der Waals surface area (Å²) in [4.78, 5) is 11.7. The third-order valence-corrected chi connectivity index (χ3v) is 3.15. The number of hydrogen-bond donors (Lipinski definition) is 2. The van der Waals surface area contributed by atoms with Crippen LogP contribution in [0.4, 0.5) is 0 Å². The van der Waals surface area contributed by atoms with E-state index in [0.717, 1.165) is 11.3 Å². The molecule has 4 nitrogen and oxygen atoms in total. The van der Waals surface area contributed by atoms with Gasteiger partial charge in [-0.1, -0.05) is 12.1 Å². The zero-order valence-electron chi connectivity index (χ0n) is 11.1. The van der Waals surface area contributed by atoms with Gasteiger partial charge >= 0.3 is 0 Å². The Kier molecular flexibility index (Phi) is 6.12. The average molecular weight is 285 g/mol. The van der Waals surface area contributed by atoms with Gasteiger partial charge in [0.2, 0.25) is 0 Å². The van der Waals surface area contributed by atoms with Crippen LogP contribution >= 0.6 is 12.4 Å². The third-order valence-electron chi connectivity index (χ3n) is 3.15. The van der Waals surface area contributed by atoms with Crippen LogP contribution in [0, 0.1) is 12.8 Å². The molecule has 1 fully saturated rings. The predicted molar refractivity (Wildman–Crippen MR) is 77.6 cm³/mol. The second-order valence-electron chi connectivity index (χ2n) is 4.85.